The van der Waals surface area contributed by atoms with Gasteiger partial charge in [0.25, 0.3) is 0 Å². The van der Waals surface area contributed by atoms with Crippen molar-refractivity contribution < 1.29 is 9.47 Å². The van der Waals surface area contributed by atoms with Crippen LogP contribution in [0.5, 0.6) is 11.5 Å². The molecular weight excluding hydrogens is 424 g/mol. The Hall–Kier alpha value is -4.58. The van der Waals surface area contributed by atoms with Crippen LogP contribution in [0.2, 0.25) is 0 Å². The molecule has 8 bridgehead atoms. The zero-order valence-electron chi connectivity index (χ0n) is 18.8. The number of methoxy groups -OCH3 is 2. The van der Waals surface area contributed by atoms with E-state index in [1.807, 2.05) is 54.6 Å². The number of nitrogens with zero attached hydrogens (tertiary/aromatic N) is 2. The van der Waals surface area contributed by atoms with Crippen molar-refractivity contribution in [3.05, 3.63) is 83.4 Å². The highest BCUT2D eigenvalue weighted by Crippen LogP contribution is 2.35. The second-order valence-corrected chi connectivity index (χ2v) is 8.16. The Balaban J connectivity index is 1.63. The molecule has 1 aromatic carbocycles. The van der Waals surface area contributed by atoms with Crippen molar-refractivity contribution in [3.8, 4) is 22.6 Å². The zero-order chi connectivity index (χ0) is 23.1. The Kier molecular flexibility index (Phi) is 4.77. The molecule has 0 aliphatic carbocycles. The first-order chi connectivity index (χ1) is 16.7. The van der Waals surface area contributed by atoms with Gasteiger partial charge >= 0.3 is 0 Å². The molecule has 0 atom stereocenters. The van der Waals surface area contributed by atoms with E-state index in [1.54, 1.807) is 14.2 Å². The molecule has 0 fully saturated rings. The van der Waals surface area contributed by atoms with E-state index in [0.717, 1.165) is 56.0 Å². The van der Waals surface area contributed by atoms with Gasteiger partial charge in [0.1, 0.15) is 0 Å². The van der Waals surface area contributed by atoms with Crippen LogP contribution in [0, 0.1) is 0 Å². The number of hydrogen-bond acceptors (Lipinski definition) is 4. The molecule has 0 amide bonds. The molecule has 0 unspecified atom stereocenters. The molecule has 5 heterocycles. The summed E-state index contributed by atoms with van der Waals surface area (Å²) in [7, 11) is 3.29. The fourth-order valence-corrected chi connectivity index (χ4v) is 4.26. The van der Waals surface area contributed by atoms with Crippen LogP contribution in [0.15, 0.2) is 60.7 Å². The summed E-state index contributed by atoms with van der Waals surface area (Å²) in [6.07, 6.45) is 8.03. The van der Waals surface area contributed by atoms with Crippen LogP contribution < -0.4 is 9.47 Å². The molecule has 3 aromatic heterocycles. The van der Waals surface area contributed by atoms with Crippen molar-refractivity contribution in [2.24, 2.45) is 0 Å². The highest BCUT2D eigenvalue weighted by Gasteiger charge is 2.10. The van der Waals surface area contributed by atoms with Crippen LogP contribution in [0.3, 0.4) is 0 Å². The maximum Gasteiger partial charge on any atom is 0.161 e. The lowest BCUT2D eigenvalue weighted by Crippen LogP contribution is -1.90. The van der Waals surface area contributed by atoms with Gasteiger partial charge in [-0.2, -0.15) is 0 Å². The Morgan fingerprint density at radius 2 is 1.21 bits per heavy atom. The first kappa shape index (κ1) is 20.1. The number of benzene rings is 1. The minimum absolute atomic E-state index is 0.685. The monoisotopic (exact) mass is 446 g/mol. The van der Waals surface area contributed by atoms with Gasteiger partial charge in [0.05, 0.1) is 37.0 Å². The molecule has 166 valence electrons. The predicted molar refractivity (Wildman–Crippen MR) is 137 cm³/mol. The van der Waals surface area contributed by atoms with Gasteiger partial charge in [-0.15, -0.1) is 0 Å². The first-order valence-corrected chi connectivity index (χ1v) is 11.0. The Morgan fingerprint density at radius 3 is 1.91 bits per heavy atom. The van der Waals surface area contributed by atoms with Crippen molar-refractivity contribution in [3.63, 3.8) is 0 Å². The predicted octanol–water partition coefficient (Wildman–Crippen LogP) is 6.34. The molecule has 34 heavy (non-hydrogen) atoms. The summed E-state index contributed by atoms with van der Waals surface area (Å²) in [6, 6.07) is 20.4. The third-order valence-corrected chi connectivity index (χ3v) is 5.86. The Morgan fingerprint density at radius 1 is 0.559 bits per heavy atom. The Labute approximate surface area is 196 Å². The van der Waals surface area contributed by atoms with Crippen LogP contribution in [-0.4, -0.2) is 34.2 Å². The van der Waals surface area contributed by atoms with Crippen LogP contribution in [0.25, 0.3) is 57.5 Å². The minimum atomic E-state index is 0.685. The normalized spacial score (nSPS) is 12.2. The molecule has 6 heteroatoms. The van der Waals surface area contributed by atoms with Crippen molar-refractivity contribution in [2.45, 2.75) is 0 Å². The Bertz CT molecular complexity index is 1640. The number of aromatic amines is 2. The molecule has 0 radical (unpaired) electrons. The van der Waals surface area contributed by atoms with Crippen LogP contribution in [0.1, 0.15) is 22.8 Å². The van der Waals surface area contributed by atoms with Crippen LogP contribution in [0.4, 0.5) is 0 Å². The van der Waals surface area contributed by atoms with Gasteiger partial charge < -0.3 is 19.4 Å². The van der Waals surface area contributed by atoms with Crippen molar-refractivity contribution >= 4 is 46.4 Å². The number of H-pyrrole nitrogens is 2. The highest BCUT2D eigenvalue weighted by atomic mass is 16.5. The summed E-state index contributed by atoms with van der Waals surface area (Å²) in [5.41, 5.74) is 9.52. The second-order valence-electron chi connectivity index (χ2n) is 8.16. The van der Waals surface area contributed by atoms with E-state index in [4.69, 9.17) is 14.5 Å². The molecule has 0 saturated carbocycles. The number of nitrogens with one attached hydrogen (secondary N) is 2. The average molecular weight is 447 g/mol. The third kappa shape index (κ3) is 3.75. The van der Waals surface area contributed by atoms with E-state index in [9.17, 15) is 0 Å². The van der Waals surface area contributed by atoms with Crippen molar-refractivity contribution in [1.29, 1.82) is 0 Å². The van der Waals surface area contributed by atoms with Gasteiger partial charge in [-0.05, 0) is 84.5 Å². The average Bonchev–Trinajstić information content (AvgIpc) is 3.64. The molecular formula is C28H22N4O2. The second kappa shape index (κ2) is 8.08. The molecule has 0 saturated heterocycles. The minimum Gasteiger partial charge on any atom is -0.493 e. The summed E-state index contributed by atoms with van der Waals surface area (Å²) in [6.45, 7) is 0. The van der Waals surface area contributed by atoms with E-state index in [-0.39, 0.29) is 0 Å². The van der Waals surface area contributed by atoms with Crippen LogP contribution >= 0.6 is 0 Å². The molecule has 6 nitrogen and oxygen atoms in total. The summed E-state index contributed by atoms with van der Waals surface area (Å²) in [5.74, 6) is 1.38. The fourth-order valence-electron chi connectivity index (χ4n) is 4.26. The van der Waals surface area contributed by atoms with Gasteiger partial charge in [0, 0.05) is 27.6 Å². The standard InChI is InChI=1S/C28H22N4O2/c1-33-27-10-3-17(11-28(27)34-2)25-15-24-14-22-7-6-20(30-22)12-18-4-5-19(29-18)13-21-8-9-23(31-21)16-26(25)32-24/h3-16,30,32H,1-2H3. The summed E-state index contributed by atoms with van der Waals surface area (Å²) < 4.78 is 11.0. The topological polar surface area (TPSA) is 75.8 Å². The van der Waals surface area contributed by atoms with Gasteiger partial charge in [-0.3, -0.25) is 0 Å². The van der Waals surface area contributed by atoms with E-state index < -0.39 is 0 Å². The van der Waals surface area contributed by atoms with Gasteiger partial charge in [-0.25, -0.2) is 9.97 Å². The molecule has 2 N–H and O–H groups in total. The fraction of sp³-hybridized carbons (Fsp3) is 0.0714. The summed E-state index contributed by atoms with van der Waals surface area (Å²) in [4.78, 5) is 16.5. The van der Waals surface area contributed by atoms with E-state index in [2.05, 4.69) is 45.3 Å². The van der Waals surface area contributed by atoms with Gasteiger partial charge in [0.15, 0.2) is 11.5 Å². The lowest BCUT2D eigenvalue weighted by Gasteiger charge is -2.09. The number of rotatable bonds is 3. The van der Waals surface area contributed by atoms with Crippen molar-refractivity contribution in [2.75, 3.05) is 14.2 Å². The SMILES string of the molecule is COc1ccc(-c2cc3cc4ccc(cc5nc(cc6nc(cc2[nH]3)C=C6)C=C5)[nH]4)cc1OC. The van der Waals surface area contributed by atoms with E-state index in [1.165, 1.54) is 0 Å². The lowest BCUT2D eigenvalue weighted by molar-refractivity contribution is 0.355. The molecule has 6 rings (SSSR count). The molecule has 0 spiro atoms. The largest absolute Gasteiger partial charge is 0.493 e. The maximum absolute atomic E-state index is 5.54. The number of fused-ring (bicyclic) bond motifs is 8. The summed E-state index contributed by atoms with van der Waals surface area (Å²) in [5, 5.41) is 0. The van der Waals surface area contributed by atoms with E-state index >= 15 is 0 Å². The van der Waals surface area contributed by atoms with Crippen LogP contribution in [-0.2, 0) is 0 Å². The number of hydrogen-bond donors (Lipinski definition) is 2. The van der Waals surface area contributed by atoms with Gasteiger partial charge in [-0.1, -0.05) is 6.07 Å². The molecule has 2 aliphatic heterocycles. The first-order valence-electron chi connectivity index (χ1n) is 11.0. The lowest BCUT2D eigenvalue weighted by atomic mass is 10.1. The third-order valence-electron chi connectivity index (χ3n) is 5.86. The number of aromatic nitrogens is 4. The van der Waals surface area contributed by atoms with Gasteiger partial charge in [0.2, 0.25) is 0 Å². The smallest absolute Gasteiger partial charge is 0.161 e. The summed E-state index contributed by atoms with van der Waals surface area (Å²) >= 11 is 0. The molecule has 2 aliphatic rings. The quantitative estimate of drug-likeness (QED) is 0.333. The highest BCUT2D eigenvalue weighted by molar-refractivity contribution is 5.88. The maximum atomic E-state index is 5.54. The molecule has 4 aromatic rings. The van der Waals surface area contributed by atoms with E-state index in [0.29, 0.717) is 11.5 Å². The zero-order valence-corrected chi connectivity index (χ0v) is 18.8. The number of ether oxygens (including phenoxy) is 2. The van der Waals surface area contributed by atoms with Crippen molar-refractivity contribution in [1.82, 2.24) is 19.9 Å².